The summed E-state index contributed by atoms with van der Waals surface area (Å²) in [5, 5.41) is 0. The number of rotatable bonds is 4. The summed E-state index contributed by atoms with van der Waals surface area (Å²) in [4.78, 5) is 14.1. The maximum Gasteiger partial charge on any atom is 0.162 e. The molecule has 1 aromatic rings. The highest BCUT2D eigenvalue weighted by atomic mass is 16.5. The molecule has 3 heteroatoms. The number of likely N-dealkylation sites (N-methyl/N-ethyl adjacent to an activating group) is 1. The van der Waals surface area contributed by atoms with Crippen LogP contribution < -0.4 is 9.64 Å². The fourth-order valence-electron chi connectivity index (χ4n) is 2.40. The number of fused-ring (bicyclic) bond motifs is 1. The molecular weight excluding hydrogens is 238 g/mol. The van der Waals surface area contributed by atoms with Gasteiger partial charge < -0.3 is 9.64 Å². The van der Waals surface area contributed by atoms with Gasteiger partial charge in [0.15, 0.2) is 5.78 Å². The van der Waals surface area contributed by atoms with Crippen molar-refractivity contribution in [2.75, 3.05) is 18.0 Å². The second-order valence-corrected chi connectivity index (χ2v) is 5.40. The molecule has 104 valence electrons. The second-order valence-electron chi connectivity index (χ2n) is 5.40. The van der Waals surface area contributed by atoms with E-state index in [2.05, 4.69) is 25.7 Å². The van der Waals surface area contributed by atoms with Gasteiger partial charge in [-0.05, 0) is 31.0 Å². The lowest BCUT2D eigenvalue weighted by Crippen LogP contribution is -2.42. The first-order chi connectivity index (χ1) is 9.06. The molecule has 0 saturated heterocycles. The summed E-state index contributed by atoms with van der Waals surface area (Å²) in [7, 11) is 0. The van der Waals surface area contributed by atoms with Gasteiger partial charge in [0.25, 0.3) is 0 Å². The predicted molar refractivity (Wildman–Crippen MR) is 78.2 cm³/mol. The highest BCUT2D eigenvalue weighted by Gasteiger charge is 2.27. The fourth-order valence-corrected chi connectivity index (χ4v) is 2.40. The minimum Gasteiger partial charge on any atom is -0.486 e. The van der Waals surface area contributed by atoms with Crippen molar-refractivity contribution >= 4 is 11.5 Å². The number of hydrogen-bond donors (Lipinski definition) is 0. The molecule has 0 spiro atoms. The zero-order chi connectivity index (χ0) is 14.0. The second kappa shape index (κ2) is 5.64. The van der Waals surface area contributed by atoms with Crippen LogP contribution in [-0.2, 0) is 0 Å². The molecule has 0 aliphatic carbocycles. The van der Waals surface area contributed by atoms with Crippen LogP contribution in [0.5, 0.6) is 5.75 Å². The van der Waals surface area contributed by atoms with E-state index in [9.17, 15) is 4.79 Å². The molecule has 3 nitrogen and oxygen atoms in total. The molecular formula is C16H23NO2. The lowest BCUT2D eigenvalue weighted by Gasteiger charge is -2.37. The van der Waals surface area contributed by atoms with Crippen molar-refractivity contribution < 1.29 is 9.53 Å². The minimum atomic E-state index is 0.185. The fraction of sp³-hybridized carbons (Fsp3) is 0.562. The molecule has 1 aliphatic heterocycles. The number of anilines is 1. The molecule has 0 saturated carbocycles. The number of nitrogens with zero attached hydrogens (tertiary/aromatic N) is 1. The lowest BCUT2D eigenvalue weighted by molar-refractivity contribution is 0.0988. The molecule has 2 rings (SSSR count). The molecule has 0 radical (unpaired) electrons. The number of Topliss-reactive ketones (excluding diaryl/α,β-unsaturated/α-hetero) is 1. The summed E-state index contributed by atoms with van der Waals surface area (Å²) in [5.41, 5.74) is 1.84. The number of ketones is 1. The van der Waals surface area contributed by atoms with Crippen LogP contribution >= 0.6 is 0 Å². The van der Waals surface area contributed by atoms with Crippen LogP contribution in [0.25, 0.3) is 0 Å². The minimum absolute atomic E-state index is 0.185. The first-order valence-electron chi connectivity index (χ1n) is 7.15. The van der Waals surface area contributed by atoms with Crippen LogP contribution in [0.3, 0.4) is 0 Å². The first-order valence-corrected chi connectivity index (χ1v) is 7.15. The molecule has 1 aromatic carbocycles. The average Bonchev–Trinajstić information content (AvgIpc) is 2.44. The lowest BCUT2D eigenvalue weighted by atomic mass is 10.0. The van der Waals surface area contributed by atoms with Crippen LogP contribution in [-0.4, -0.2) is 25.0 Å². The van der Waals surface area contributed by atoms with E-state index < -0.39 is 0 Å². The molecule has 1 unspecified atom stereocenters. The van der Waals surface area contributed by atoms with Gasteiger partial charge in [0, 0.05) is 18.5 Å². The number of carbonyl (C=O) groups is 1. The van der Waals surface area contributed by atoms with Gasteiger partial charge in [-0.25, -0.2) is 0 Å². The molecule has 1 atom stereocenters. The van der Waals surface area contributed by atoms with Crippen molar-refractivity contribution in [3.8, 4) is 5.75 Å². The van der Waals surface area contributed by atoms with Gasteiger partial charge in [-0.15, -0.1) is 0 Å². The Morgan fingerprint density at radius 1 is 1.42 bits per heavy atom. The van der Waals surface area contributed by atoms with Crippen LogP contribution in [0.1, 0.15) is 44.5 Å². The van der Waals surface area contributed by atoms with E-state index in [-0.39, 0.29) is 11.9 Å². The average molecular weight is 261 g/mol. The molecule has 0 N–H and O–H groups in total. The molecule has 0 aromatic heterocycles. The van der Waals surface area contributed by atoms with Crippen molar-refractivity contribution in [3.63, 3.8) is 0 Å². The summed E-state index contributed by atoms with van der Waals surface area (Å²) < 4.78 is 6.04. The Labute approximate surface area is 115 Å². The Balaban J connectivity index is 2.35. The molecule has 1 aliphatic rings. The monoisotopic (exact) mass is 261 g/mol. The first kappa shape index (κ1) is 13.9. The van der Waals surface area contributed by atoms with Crippen LogP contribution in [0.2, 0.25) is 0 Å². The third-order valence-corrected chi connectivity index (χ3v) is 3.75. The Morgan fingerprint density at radius 3 is 2.74 bits per heavy atom. The highest BCUT2D eigenvalue weighted by molar-refractivity contribution is 5.97. The SMILES string of the molecule is CCC(=O)c1ccc2c(c1)N(CC)CC(C(C)C)O2. The van der Waals surface area contributed by atoms with Gasteiger partial charge in [-0.3, -0.25) is 4.79 Å². The van der Waals surface area contributed by atoms with E-state index in [0.29, 0.717) is 12.3 Å². The topological polar surface area (TPSA) is 29.5 Å². The van der Waals surface area contributed by atoms with E-state index >= 15 is 0 Å². The van der Waals surface area contributed by atoms with Crippen molar-refractivity contribution in [2.45, 2.75) is 40.2 Å². The van der Waals surface area contributed by atoms with Gasteiger partial charge in [0.05, 0.1) is 12.2 Å². The van der Waals surface area contributed by atoms with Crippen molar-refractivity contribution in [2.24, 2.45) is 5.92 Å². The number of ether oxygens (including phenoxy) is 1. The zero-order valence-electron chi connectivity index (χ0n) is 12.3. The summed E-state index contributed by atoms with van der Waals surface area (Å²) >= 11 is 0. The molecule has 0 bridgehead atoms. The molecule has 0 amide bonds. The molecule has 0 fully saturated rings. The maximum absolute atomic E-state index is 11.8. The number of hydrogen-bond acceptors (Lipinski definition) is 3. The summed E-state index contributed by atoms with van der Waals surface area (Å²) in [6.07, 6.45) is 0.764. The summed E-state index contributed by atoms with van der Waals surface area (Å²) in [5.74, 6) is 1.57. The largest absolute Gasteiger partial charge is 0.486 e. The Hall–Kier alpha value is -1.51. The summed E-state index contributed by atoms with van der Waals surface area (Å²) in [6, 6.07) is 5.79. The van der Waals surface area contributed by atoms with E-state index in [1.165, 1.54) is 0 Å². The van der Waals surface area contributed by atoms with Gasteiger partial charge >= 0.3 is 0 Å². The molecule has 19 heavy (non-hydrogen) atoms. The number of benzene rings is 1. The highest BCUT2D eigenvalue weighted by Crippen LogP contribution is 2.35. The quantitative estimate of drug-likeness (QED) is 0.777. The molecule has 1 heterocycles. The Morgan fingerprint density at radius 2 is 2.16 bits per heavy atom. The normalized spacial score (nSPS) is 18.2. The van der Waals surface area contributed by atoms with E-state index in [1.54, 1.807) is 0 Å². The summed E-state index contributed by atoms with van der Waals surface area (Å²) in [6.45, 7) is 10.2. The van der Waals surface area contributed by atoms with Crippen LogP contribution in [0, 0.1) is 5.92 Å². The van der Waals surface area contributed by atoms with Crippen molar-refractivity contribution in [1.29, 1.82) is 0 Å². The van der Waals surface area contributed by atoms with Crippen LogP contribution in [0.4, 0.5) is 5.69 Å². The van der Waals surface area contributed by atoms with E-state index in [4.69, 9.17) is 4.74 Å². The predicted octanol–water partition coefficient (Wildman–Crippen LogP) is 3.52. The van der Waals surface area contributed by atoms with Gasteiger partial charge in [-0.2, -0.15) is 0 Å². The van der Waals surface area contributed by atoms with Gasteiger partial charge in [0.2, 0.25) is 0 Å². The van der Waals surface area contributed by atoms with Gasteiger partial charge in [-0.1, -0.05) is 20.8 Å². The third kappa shape index (κ3) is 2.75. The number of carbonyl (C=O) groups excluding carboxylic acids is 1. The van der Waals surface area contributed by atoms with E-state index in [0.717, 1.165) is 30.1 Å². The Bertz CT molecular complexity index is 468. The Kier molecular flexibility index (Phi) is 4.13. The van der Waals surface area contributed by atoms with Gasteiger partial charge in [0.1, 0.15) is 11.9 Å². The zero-order valence-corrected chi connectivity index (χ0v) is 12.3. The van der Waals surface area contributed by atoms with Crippen LogP contribution in [0.15, 0.2) is 18.2 Å². The third-order valence-electron chi connectivity index (χ3n) is 3.75. The van der Waals surface area contributed by atoms with E-state index in [1.807, 2.05) is 25.1 Å². The maximum atomic E-state index is 11.8. The van der Waals surface area contributed by atoms with Crippen molar-refractivity contribution in [3.05, 3.63) is 23.8 Å². The standard InChI is InChI=1S/C16H23NO2/c1-5-14(18)12-7-8-15-13(9-12)17(6-2)10-16(19-15)11(3)4/h7-9,11,16H,5-6,10H2,1-4H3. The smallest absolute Gasteiger partial charge is 0.162 e. The van der Waals surface area contributed by atoms with Crippen molar-refractivity contribution in [1.82, 2.24) is 0 Å².